The van der Waals surface area contributed by atoms with Crippen LogP contribution in [0.4, 0.5) is 10.5 Å². The number of aromatic nitrogens is 1. The zero-order chi connectivity index (χ0) is 19.9. The van der Waals surface area contributed by atoms with Crippen LogP contribution in [0.15, 0.2) is 55.3 Å². The summed E-state index contributed by atoms with van der Waals surface area (Å²) in [5.41, 5.74) is 2.62. The molecule has 0 fully saturated rings. The maximum absolute atomic E-state index is 12.1. The highest BCUT2D eigenvalue weighted by Crippen LogP contribution is 2.27. The number of thiazole rings is 1. The molecular formula is C21H22N2O4S. The summed E-state index contributed by atoms with van der Waals surface area (Å²) < 4.78 is 17.1. The van der Waals surface area contributed by atoms with Gasteiger partial charge in [0.25, 0.3) is 0 Å². The first kappa shape index (κ1) is 19.7. The average molecular weight is 398 g/mol. The molecule has 0 unspecified atom stereocenters. The number of carbonyl (C=O) groups is 1. The zero-order valence-electron chi connectivity index (χ0n) is 15.9. The number of anilines is 1. The molecule has 0 atom stereocenters. The number of nitrogens with zero attached hydrogens (tertiary/aromatic N) is 2. The third kappa shape index (κ3) is 4.61. The van der Waals surface area contributed by atoms with Crippen LogP contribution in [0.1, 0.15) is 10.6 Å². The molecule has 7 heteroatoms. The van der Waals surface area contributed by atoms with E-state index < -0.39 is 6.09 Å². The molecule has 1 amide bonds. The van der Waals surface area contributed by atoms with Crippen molar-refractivity contribution in [3.8, 4) is 5.75 Å². The summed E-state index contributed by atoms with van der Waals surface area (Å²) in [6.45, 7) is 6.50. The Balaban J connectivity index is 1.71. The number of ether oxygens (including phenoxy) is 3. The first-order valence-electron chi connectivity index (χ1n) is 8.78. The van der Waals surface area contributed by atoms with E-state index in [9.17, 15) is 4.79 Å². The minimum absolute atomic E-state index is 0.327. The molecule has 0 aliphatic heterocycles. The molecular weight excluding hydrogens is 376 g/mol. The highest BCUT2D eigenvalue weighted by atomic mass is 32.1. The van der Waals surface area contributed by atoms with Crippen molar-refractivity contribution < 1.29 is 19.0 Å². The normalized spacial score (nSPS) is 10.5. The summed E-state index contributed by atoms with van der Waals surface area (Å²) >= 11 is 1.62. The standard InChI is InChI=1S/C21H22N2O4S/c1-4-26-12-11-23(21(24)25-3)18-10-9-16(13-15(18)2)27-14-20-22-17-7-5-6-8-19(17)28-20/h4-10,13H,1,11-12,14H2,2-3H3. The largest absolute Gasteiger partial charge is 0.500 e. The molecule has 0 spiro atoms. The topological polar surface area (TPSA) is 60.9 Å². The SMILES string of the molecule is C=COCCN(C(=O)OC)c1ccc(OCc2nc3ccccc3s2)cc1C. The number of benzene rings is 2. The minimum Gasteiger partial charge on any atom is -0.500 e. The maximum atomic E-state index is 12.1. The van der Waals surface area contributed by atoms with Crippen molar-refractivity contribution in [1.82, 2.24) is 4.98 Å². The van der Waals surface area contributed by atoms with Gasteiger partial charge in [0.1, 0.15) is 24.0 Å². The summed E-state index contributed by atoms with van der Waals surface area (Å²) in [5, 5.41) is 0.917. The van der Waals surface area contributed by atoms with Crippen LogP contribution >= 0.6 is 11.3 Å². The smallest absolute Gasteiger partial charge is 0.414 e. The van der Waals surface area contributed by atoms with Gasteiger partial charge in [-0.1, -0.05) is 18.7 Å². The van der Waals surface area contributed by atoms with Crippen molar-refractivity contribution in [2.45, 2.75) is 13.5 Å². The van der Waals surface area contributed by atoms with Gasteiger partial charge in [0.2, 0.25) is 0 Å². The van der Waals surface area contributed by atoms with E-state index in [4.69, 9.17) is 14.2 Å². The first-order valence-corrected chi connectivity index (χ1v) is 9.60. The van der Waals surface area contributed by atoms with Crippen molar-refractivity contribution in [2.75, 3.05) is 25.2 Å². The summed E-state index contributed by atoms with van der Waals surface area (Å²) in [6, 6.07) is 13.6. The van der Waals surface area contributed by atoms with Crippen molar-refractivity contribution in [3.63, 3.8) is 0 Å². The van der Waals surface area contributed by atoms with Crippen LogP contribution in [0.3, 0.4) is 0 Å². The van der Waals surface area contributed by atoms with Crippen molar-refractivity contribution in [3.05, 3.63) is 65.9 Å². The van der Waals surface area contributed by atoms with Gasteiger partial charge in [0.05, 0.1) is 35.8 Å². The van der Waals surface area contributed by atoms with E-state index in [1.54, 1.807) is 11.3 Å². The molecule has 0 saturated carbocycles. The molecule has 1 aromatic heterocycles. The van der Waals surface area contributed by atoms with E-state index in [1.165, 1.54) is 18.3 Å². The van der Waals surface area contributed by atoms with E-state index in [0.717, 1.165) is 26.5 Å². The molecule has 0 aliphatic carbocycles. The second-order valence-corrected chi connectivity index (χ2v) is 7.09. The Hall–Kier alpha value is -3.06. The van der Waals surface area contributed by atoms with Crippen LogP contribution in [0.25, 0.3) is 10.2 Å². The molecule has 0 radical (unpaired) electrons. The summed E-state index contributed by atoms with van der Waals surface area (Å²) in [4.78, 5) is 18.2. The van der Waals surface area contributed by atoms with Crippen molar-refractivity contribution in [2.24, 2.45) is 0 Å². The number of amides is 1. The van der Waals surface area contributed by atoms with Gasteiger partial charge in [0.15, 0.2) is 0 Å². The highest BCUT2D eigenvalue weighted by Gasteiger charge is 2.18. The molecule has 6 nitrogen and oxygen atoms in total. The molecule has 1 heterocycles. The van der Waals surface area contributed by atoms with E-state index in [0.29, 0.717) is 25.5 Å². The van der Waals surface area contributed by atoms with Gasteiger partial charge >= 0.3 is 6.09 Å². The van der Waals surface area contributed by atoms with Crippen LogP contribution in [-0.2, 0) is 16.1 Å². The predicted octanol–water partition coefficient (Wildman–Crippen LogP) is 4.92. The lowest BCUT2D eigenvalue weighted by molar-refractivity contribution is 0.175. The van der Waals surface area contributed by atoms with E-state index >= 15 is 0 Å². The first-order chi connectivity index (χ1) is 13.6. The Labute approximate surface area is 168 Å². The Kier molecular flexibility index (Phi) is 6.49. The zero-order valence-corrected chi connectivity index (χ0v) is 16.7. The van der Waals surface area contributed by atoms with Crippen LogP contribution in [0.2, 0.25) is 0 Å². The van der Waals surface area contributed by atoms with Gasteiger partial charge in [-0.3, -0.25) is 4.90 Å². The minimum atomic E-state index is -0.445. The highest BCUT2D eigenvalue weighted by molar-refractivity contribution is 7.18. The molecule has 3 aromatic rings. The number of methoxy groups -OCH3 is 1. The van der Waals surface area contributed by atoms with Gasteiger partial charge in [0, 0.05) is 0 Å². The van der Waals surface area contributed by atoms with E-state index in [-0.39, 0.29) is 0 Å². The van der Waals surface area contributed by atoms with Gasteiger partial charge in [-0.25, -0.2) is 9.78 Å². The molecule has 0 N–H and O–H groups in total. The molecule has 0 saturated heterocycles. The van der Waals surface area contributed by atoms with Gasteiger partial charge in [-0.05, 0) is 42.8 Å². The van der Waals surface area contributed by atoms with E-state index in [1.807, 2.05) is 49.4 Å². The molecule has 0 bridgehead atoms. The summed E-state index contributed by atoms with van der Waals surface area (Å²) in [7, 11) is 1.36. The second kappa shape index (κ2) is 9.23. The van der Waals surface area contributed by atoms with Crippen LogP contribution in [0.5, 0.6) is 5.75 Å². The van der Waals surface area contributed by atoms with Gasteiger partial charge in [-0.2, -0.15) is 0 Å². The Morgan fingerprint density at radius 3 is 2.82 bits per heavy atom. The lowest BCUT2D eigenvalue weighted by Gasteiger charge is -2.23. The number of hydrogen-bond donors (Lipinski definition) is 0. The van der Waals surface area contributed by atoms with Gasteiger partial charge in [-0.15, -0.1) is 11.3 Å². The quantitative estimate of drug-likeness (QED) is 0.398. The lowest BCUT2D eigenvalue weighted by Crippen LogP contribution is -2.34. The predicted molar refractivity (Wildman–Crippen MR) is 111 cm³/mol. The average Bonchev–Trinajstić information content (AvgIpc) is 3.13. The number of para-hydroxylation sites is 1. The fourth-order valence-corrected chi connectivity index (χ4v) is 3.68. The van der Waals surface area contributed by atoms with Gasteiger partial charge < -0.3 is 14.2 Å². The van der Waals surface area contributed by atoms with E-state index in [2.05, 4.69) is 11.6 Å². The lowest BCUT2D eigenvalue weighted by atomic mass is 10.1. The Morgan fingerprint density at radius 2 is 2.11 bits per heavy atom. The van der Waals surface area contributed by atoms with Crippen LogP contribution in [-0.4, -0.2) is 31.3 Å². The maximum Gasteiger partial charge on any atom is 0.414 e. The molecule has 3 rings (SSSR count). The number of aryl methyl sites for hydroxylation is 1. The molecule has 28 heavy (non-hydrogen) atoms. The Bertz CT molecular complexity index is 937. The van der Waals surface area contributed by atoms with Crippen molar-refractivity contribution in [1.29, 1.82) is 0 Å². The number of fused-ring (bicyclic) bond motifs is 1. The summed E-state index contributed by atoms with van der Waals surface area (Å²) in [5.74, 6) is 0.715. The molecule has 146 valence electrons. The number of carbonyl (C=O) groups excluding carboxylic acids is 1. The number of hydrogen-bond acceptors (Lipinski definition) is 6. The van der Waals surface area contributed by atoms with Crippen LogP contribution < -0.4 is 9.64 Å². The Morgan fingerprint density at radius 1 is 1.29 bits per heavy atom. The fourth-order valence-electron chi connectivity index (χ4n) is 2.79. The second-order valence-electron chi connectivity index (χ2n) is 5.97. The van der Waals surface area contributed by atoms with Crippen molar-refractivity contribution >= 4 is 33.3 Å². The molecule has 0 aliphatic rings. The third-order valence-corrected chi connectivity index (χ3v) is 5.12. The molecule has 2 aromatic carbocycles. The summed E-state index contributed by atoms with van der Waals surface area (Å²) in [6.07, 6.45) is 0.903. The fraction of sp³-hybridized carbons (Fsp3) is 0.238. The van der Waals surface area contributed by atoms with Crippen LogP contribution in [0, 0.1) is 6.92 Å². The monoisotopic (exact) mass is 398 g/mol. The third-order valence-electron chi connectivity index (χ3n) is 4.11. The number of rotatable bonds is 8.